The first-order valence-electron chi connectivity index (χ1n) is 11.5. The normalized spacial score (nSPS) is 11.0. The van der Waals surface area contributed by atoms with Gasteiger partial charge < -0.3 is 4.74 Å². The highest BCUT2D eigenvalue weighted by Gasteiger charge is 2.31. The Hall–Kier alpha value is -4.85. The lowest BCUT2D eigenvalue weighted by Crippen LogP contribution is -2.17. The van der Waals surface area contributed by atoms with Gasteiger partial charge in [0, 0.05) is 46.8 Å². The van der Waals surface area contributed by atoms with Crippen molar-refractivity contribution in [3.8, 4) is 22.5 Å². The van der Waals surface area contributed by atoms with Crippen LogP contribution in [0.2, 0.25) is 0 Å². The number of halogens is 4. The predicted molar refractivity (Wildman–Crippen MR) is 133 cm³/mol. The van der Waals surface area contributed by atoms with Gasteiger partial charge >= 0.3 is 5.97 Å². The summed E-state index contributed by atoms with van der Waals surface area (Å²) in [4.78, 5) is 21.5. The van der Waals surface area contributed by atoms with E-state index >= 15 is 8.78 Å². The van der Waals surface area contributed by atoms with Gasteiger partial charge in [0.1, 0.15) is 23.3 Å². The number of hydrogen-bond acceptors (Lipinski definition) is 4. The molecule has 0 fully saturated rings. The maximum Gasteiger partial charge on any atom is 0.339 e. The third-order valence-electron chi connectivity index (χ3n) is 5.81. The van der Waals surface area contributed by atoms with E-state index in [1.807, 2.05) is 0 Å². The average molecular weight is 514 g/mol. The zero-order valence-corrected chi connectivity index (χ0v) is 19.6. The van der Waals surface area contributed by atoms with Crippen molar-refractivity contribution < 1.29 is 27.1 Å². The van der Waals surface area contributed by atoms with Crippen LogP contribution in [-0.2, 0) is 4.74 Å². The van der Waals surface area contributed by atoms with Crippen LogP contribution in [0.1, 0.15) is 27.6 Å². The molecular formula is C30H18F4N2O2. The van der Waals surface area contributed by atoms with Gasteiger partial charge in [0.15, 0.2) is 6.10 Å². The highest BCUT2D eigenvalue weighted by atomic mass is 19.1. The molecular weight excluding hydrogens is 496 g/mol. The Morgan fingerprint density at radius 2 is 1.11 bits per heavy atom. The lowest BCUT2D eigenvalue weighted by Gasteiger charge is -2.24. The third-order valence-corrected chi connectivity index (χ3v) is 5.81. The topological polar surface area (TPSA) is 52.1 Å². The average Bonchev–Trinajstić information content (AvgIpc) is 2.92. The van der Waals surface area contributed by atoms with E-state index in [9.17, 15) is 13.6 Å². The summed E-state index contributed by atoms with van der Waals surface area (Å²) in [5.41, 5.74) is -0.400. The molecule has 0 atom stereocenters. The number of esters is 1. The van der Waals surface area contributed by atoms with Gasteiger partial charge in [-0.05, 0) is 48.5 Å². The molecule has 3 aromatic carbocycles. The second kappa shape index (κ2) is 10.6. The van der Waals surface area contributed by atoms with Crippen LogP contribution in [0.4, 0.5) is 17.6 Å². The summed E-state index contributed by atoms with van der Waals surface area (Å²) in [7, 11) is 0. The molecule has 4 nitrogen and oxygen atoms in total. The third kappa shape index (κ3) is 5.01. The van der Waals surface area contributed by atoms with Gasteiger partial charge in [-0.15, -0.1) is 0 Å². The van der Waals surface area contributed by atoms with E-state index in [0.717, 1.165) is 12.1 Å². The molecule has 5 rings (SSSR count). The van der Waals surface area contributed by atoms with Crippen LogP contribution < -0.4 is 0 Å². The number of nitrogens with zero attached hydrogens (tertiary/aromatic N) is 2. The Labute approximate surface area is 215 Å². The number of aromatic nitrogens is 2. The second-order valence-corrected chi connectivity index (χ2v) is 8.29. The summed E-state index contributed by atoms with van der Waals surface area (Å²) in [6.45, 7) is 0. The van der Waals surface area contributed by atoms with Crippen molar-refractivity contribution in [2.75, 3.05) is 0 Å². The lowest BCUT2D eigenvalue weighted by atomic mass is 9.90. The van der Waals surface area contributed by atoms with E-state index in [1.165, 1.54) is 36.7 Å². The molecule has 0 saturated heterocycles. The fourth-order valence-electron chi connectivity index (χ4n) is 4.21. The van der Waals surface area contributed by atoms with Gasteiger partial charge in [-0.3, -0.25) is 9.97 Å². The Kier molecular flexibility index (Phi) is 6.95. The zero-order valence-electron chi connectivity index (χ0n) is 19.6. The number of benzene rings is 3. The summed E-state index contributed by atoms with van der Waals surface area (Å²) in [5, 5.41) is 0. The van der Waals surface area contributed by atoms with Crippen LogP contribution in [0.15, 0.2) is 103 Å². The number of carbonyl (C=O) groups excluding carboxylic acids is 1. The van der Waals surface area contributed by atoms with Gasteiger partial charge in [-0.25, -0.2) is 22.4 Å². The number of carbonyl (C=O) groups is 1. The first kappa shape index (κ1) is 24.8. The molecule has 2 aromatic heterocycles. The quantitative estimate of drug-likeness (QED) is 0.176. The molecule has 188 valence electrons. The van der Waals surface area contributed by atoms with Crippen LogP contribution in [0.5, 0.6) is 0 Å². The Balaban J connectivity index is 1.80. The predicted octanol–water partition coefficient (Wildman–Crippen LogP) is 7.31. The molecule has 0 aliphatic heterocycles. The van der Waals surface area contributed by atoms with E-state index in [4.69, 9.17) is 4.74 Å². The highest BCUT2D eigenvalue weighted by molar-refractivity contribution is 5.90. The molecule has 0 amide bonds. The van der Waals surface area contributed by atoms with Crippen molar-refractivity contribution in [2.24, 2.45) is 0 Å². The van der Waals surface area contributed by atoms with Crippen molar-refractivity contribution in [1.82, 2.24) is 9.97 Å². The van der Waals surface area contributed by atoms with Gasteiger partial charge in [-0.2, -0.15) is 0 Å². The summed E-state index contributed by atoms with van der Waals surface area (Å²) < 4.78 is 65.8. The van der Waals surface area contributed by atoms with Crippen molar-refractivity contribution in [1.29, 1.82) is 0 Å². The molecule has 5 aromatic rings. The van der Waals surface area contributed by atoms with E-state index < -0.39 is 35.3 Å². The molecule has 2 heterocycles. The standard InChI is InChI=1S/C30H18F4N2O2/c31-19-14-21(27(23(33)16-19)25-10-4-6-12-35-25)29(38-30(37)18-8-2-1-3-9-18)22-15-20(32)17-24(34)28(22)26-11-5-7-13-36-26/h1-17,29H. The molecule has 0 aliphatic carbocycles. The number of rotatable bonds is 6. The molecule has 0 radical (unpaired) electrons. The number of ether oxygens (including phenoxy) is 1. The minimum absolute atomic E-state index is 0.108. The van der Waals surface area contributed by atoms with E-state index in [1.54, 1.807) is 42.5 Å². The van der Waals surface area contributed by atoms with Gasteiger partial charge in [0.25, 0.3) is 0 Å². The first-order chi connectivity index (χ1) is 18.4. The first-order valence-corrected chi connectivity index (χ1v) is 11.5. The van der Waals surface area contributed by atoms with Gasteiger partial charge in [-0.1, -0.05) is 30.3 Å². The summed E-state index contributed by atoms with van der Waals surface area (Å²) in [5.74, 6) is -4.81. The lowest BCUT2D eigenvalue weighted by molar-refractivity contribution is 0.0377. The van der Waals surface area contributed by atoms with Crippen LogP contribution in [0.25, 0.3) is 22.5 Å². The van der Waals surface area contributed by atoms with Crippen molar-refractivity contribution >= 4 is 5.97 Å². The minimum atomic E-state index is -1.65. The van der Waals surface area contributed by atoms with Crippen LogP contribution >= 0.6 is 0 Å². The van der Waals surface area contributed by atoms with Crippen molar-refractivity contribution in [3.63, 3.8) is 0 Å². The maximum atomic E-state index is 15.3. The monoisotopic (exact) mass is 514 g/mol. The molecule has 38 heavy (non-hydrogen) atoms. The largest absolute Gasteiger partial charge is 0.449 e. The van der Waals surface area contributed by atoms with E-state index in [-0.39, 0.29) is 39.2 Å². The van der Waals surface area contributed by atoms with Crippen LogP contribution in [0, 0.1) is 23.3 Å². The molecule has 8 heteroatoms. The maximum absolute atomic E-state index is 15.3. The number of hydrogen-bond donors (Lipinski definition) is 0. The van der Waals surface area contributed by atoms with Gasteiger partial charge in [0.05, 0.1) is 17.0 Å². The fourth-order valence-corrected chi connectivity index (χ4v) is 4.21. The van der Waals surface area contributed by atoms with Crippen LogP contribution in [0.3, 0.4) is 0 Å². The Morgan fingerprint density at radius 3 is 1.55 bits per heavy atom. The van der Waals surface area contributed by atoms with E-state index in [2.05, 4.69) is 9.97 Å². The molecule has 0 unspecified atom stereocenters. The van der Waals surface area contributed by atoms with Crippen molar-refractivity contribution in [2.45, 2.75) is 6.10 Å². The molecule has 0 N–H and O–H groups in total. The molecule has 0 bridgehead atoms. The Morgan fingerprint density at radius 1 is 0.632 bits per heavy atom. The van der Waals surface area contributed by atoms with Crippen LogP contribution in [-0.4, -0.2) is 15.9 Å². The fraction of sp³-hybridized carbons (Fsp3) is 0.0333. The Bertz CT molecular complexity index is 1500. The highest BCUT2D eigenvalue weighted by Crippen LogP contribution is 2.41. The summed E-state index contributed by atoms with van der Waals surface area (Å²) >= 11 is 0. The SMILES string of the molecule is O=C(OC(c1cc(F)cc(F)c1-c1ccccn1)c1cc(F)cc(F)c1-c1ccccn1)c1ccccc1. The summed E-state index contributed by atoms with van der Waals surface area (Å²) in [6, 6.07) is 20.5. The minimum Gasteiger partial charge on any atom is -0.449 e. The second-order valence-electron chi connectivity index (χ2n) is 8.29. The number of pyridine rings is 2. The van der Waals surface area contributed by atoms with E-state index in [0.29, 0.717) is 12.1 Å². The molecule has 0 spiro atoms. The molecule has 0 saturated carbocycles. The molecule has 0 aliphatic rings. The van der Waals surface area contributed by atoms with Gasteiger partial charge in [0.2, 0.25) is 0 Å². The van der Waals surface area contributed by atoms with Crippen molar-refractivity contribution in [3.05, 3.63) is 143 Å². The smallest absolute Gasteiger partial charge is 0.339 e. The summed E-state index contributed by atoms with van der Waals surface area (Å²) in [6.07, 6.45) is 1.18. The zero-order chi connectivity index (χ0) is 26.6.